The summed E-state index contributed by atoms with van der Waals surface area (Å²) >= 11 is 0. The number of nitrogens with one attached hydrogen (secondary N) is 3. The minimum Gasteiger partial charge on any atom is -0.334 e. The quantitative estimate of drug-likeness (QED) is 0.742. The molecule has 6 heteroatoms. The number of benzene rings is 1. The fourth-order valence-corrected chi connectivity index (χ4v) is 1.68. The first-order valence-corrected chi connectivity index (χ1v) is 6.66. The molecule has 0 atom stereocenters. The summed E-state index contributed by atoms with van der Waals surface area (Å²) in [4.78, 5) is 27.3. The average molecular weight is 296 g/mol. The van der Waals surface area contributed by atoms with Crippen LogP contribution in [0.5, 0.6) is 0 Å². The van der Waals surface area contributed by atoms with Crippen molar-refractivity contribution in [2.45, 2.75) is 0 Å². The third-order valence-corrected chi connectivity index (χ3v) is 2.75. The molecular formula is C16H16N4O2. The fourth-order valence-electron chi connectivity index (χ4n) is 1.68. The summed E-state index contributed by atoms with van der Waals surface area (Å²) in [5, 5.41) is 8.04. The lowest BCUT2D eigenvalue weighted by Gasteiger charge is -2.08. The molecule has 0 fully saturated rings. The first-order valence-electron chi connectivity index (χ1n) is 6.66. The second kappa shape index (κ2) is 7.58. The van der Waals surface area contributed by atoms with Crippen molar-refractivity contribution in [2.24, 2.45) is 0 Å². The van der Waals surface area contributed by atoms with Crippen molar-refractivity contribution in [3.8, 4) is 0 Å². The van der Waals surface area contributed by atoms with E-state index in [4.69, 9.17) is 0 Å². The topological polar surface area (TPSA) is 83.1 Å². The molecule has 0 aliphatic carbocycles. The molecule has 3 N–H and O–H groups in total. The average Bonchev–Trinajstić information content (AvgIpc) is 2.55. The minimum absolute atomic E-state index is 0.216. The largest absolute Gasteiger partial charge is 0.334 e. The highest BCUT2D eigenvalue weighted by Crippen LogP contribution is 2.14. The highest BCUT2D eigenvalue weighted by molar-refractivity contribution is 6.04. The molecule has 0 radical (unpaired) electrons. The van der Waals surface area contributed by atoms with Gasteiger partial charge in [-0.15, -0.1) is 6.58 Å². The standard InChI is InChI=1S/C16H16N4O2/c1-2-9-18-16(22)20-14-5-3-13(4-6-14)19-15(21)12-7-10-17-11-8-12/h2-8,10-11H,1,9H2,(H,19,21)(H2,18,20,22). The number of urea groups is 1. The number of carbonyl (C=O) groups excluding carboxylic acids is 2. The smallest absolute Gasteiger partial charge is 0.319 e. The molecule has 0 bridgehead atoms. The number of pyridine rings is 1. The third kappa shape index (κ3) is 4.45. The second-order valence-corrected chi connectivity index (χ2v) is 4.39. The molecular weight excluding hydrogens is 280 g/mol. The van der Waals surface area contributed by atoms with Gasteiger partial charge >= 0.3 is 6.03 Å². The first-order chi connectivity index (χ1) is 10.7. The first kappa shape index (κ1) is 15.2. The van der Waals surface area contributed by atoms with Crippen LogP contribution < -0.4 is 16.0 Å². The van der Waals surface area contributed by atoms with Crippen molar-refractivity contribution >= 4 is 23.3 Å². The number of hydrogen-bond acceptors (Lipinski definition) is 3. The van der Waals surface area contributed by atoms with Gasteiger partial charge < -0.3 is 16.0 Å². The van der Waals surface area contributed by atoms with Crippen molar-refractivity contribution in [3.05, 3.63) is 67.0 Å². The fraction of sp³-hybridized carbons (Fsp3) is 0.0625. The summed E-state index contributed by atoms with van der Waals surface area (Å²) in [6, 6.07) is 9.79. The summed E-state index contributed by atoms with van der Waals surface area (Å²) in [6.07, 6.45) is 4.71. The van der Waals surface area contributed by atoms with Crippen LogP contribution in [0.4, 0.5) is 16.2 Å². The number of aromatic nitrogens is 1. The Morgan fingerprint density at radius 1 is 1.00 bits per heavy atom. The van der Waals surface area contributed by atoms with E-state index in [1.54, 1.807) is 54.9 Å². The lowest BCUT2D eigenvalue weighted by Crippen LogP contribution is -2.28. The van der Waals surface area contributed by atoms with Crippen LogP contribution in [0.25, 0.3) is 0 Å². The molecule has 2 rings (SSSR count). The van der Waals surface area contributed by atoms with Crippen molar-refractivity contribution in [1.29, 1.82) is 0 Å². The van der Waals surface area contributed by atoms with Crippen molar-refractivity contribution in [3.63, 3.8) is 0 Å². The maximum atomic E-state index is 12.0. The van der Waals surface area contributed by atoms with Crippen LogP contribution in [0.3, 0.4) is 0 Å². The number of nitrogens with zero attached hydrogens (tertiary/aromatic N) is 1. The van der Waals surface area contributed by atoms with E-state index in [9.17, 15) is 9.59 Å². The van der Waals surface area contributed by atoms with E-state index in [2.05, 4.69) is 27.5 Å². The molecule has 2 aromatic rings. The van der Waals surface area contributed by atoms with Crippen LogP contribution in [0.1, 0.15) is 10.4 Å². The normalized spacial score (nSPS) is 9.64. The predicted molar refractivity (Wildman–Crippen MR) is 85.9 cm³/mol. The monoisotopic (exact) mass is 296 g/mol. The minimum atomic E-state index is -0.312. The van der Waals surface area contributed by atoms with Gasteiger partial charge in [0, 0.05) is 35.9 Å². The van der Waals surface area contributed by atoms with E-state index in [-0.39, 0.29) is 11.9 Å². The van der Waals surface area contributed by atoms with Crippen LogP contribution in [0.2, 0.25) is 0 Å². The van der Waals surface area contributed by atoms with Gasteiger partial charge in [0.05, 0.1) is 0 Å². The van der Waals surface area contributed by atoms with Crippen LogP contribution in [0, 0.1) is 0 Å². The van der Waals surface area contributed by atoms with Crippen LogP contribution in [-0.2, 0) is 0 Å². The van der Waals surface area contributed by atoms with E-state index < -0.39 is 0 Å². The van der Waals surface area contributed by atoms with E-state index in [0.29, 0.717) is 23.5 Å². The zero-order chi connectivity index (χ0) is 15.8. The molecule has 1 aromatic carbocycles. The molecule has 6 nitrogen and oxygen atoms in total. The van der Waals surface area contributed by atoms with Crippen LogP contribution >= 0.6 is 0 Å². The molecule has 1 aromatic heterocycles. The number of amides is 3. The maximum Gasteiger partial charge on any atom is 0.319 e. The van der Waals surface area contributed by atoms with Gasteiger partial charge in [0.1, 0.15) is 0 Å². The number of carbonyl (C=O) groups is 2. The summed E-state index contributed by atoms with van der Waals surface area (Å²) in [5.74, 6) is -0.216. The predicted octanol–water partition coefficient (Wildman–Crippen LogP) is 2.64. The second-order valence-electron chi connectivity index (χ2n) is 4.39. The lowest BCUT2D eigenvalue weighted by atomic mass is 10.2. The van der Waals surface area contributed by atoms with Gasteiger partial charge in [-0.05, 0) is 36.4 Å². The Kier molecular flexibility index (Phi) is 5.25. The van der Waals surface area contributed by atoms with E-state index >= 15 is 0 Å². The molecule has 0 aliphatic rings. The van der Waals surface area contributed by atoms with Crippen molar-refractivity contribution < 1.29 is 9.59 Å². The summed E-state index contributed by atoms with van der Waals surface area (Å²) in [5.41, 5.74) is 1.79. The van der Waals surface area contributed by atoms with E-state index in [1.807, 2.05) is 0 Å². The zero-order valence-corrected chi connectivity index (χ0v) is 11.9. The maximum absolute atomic E-state index is 12.0. The third-order valence-electron chi connectivity index (χ3n) is 2.75. The lowest BCUT2D eigenvalue weighted by molar-refractivity contribution is 0.102. The Labute approximate surface area is 128 Å². The molecule has 0 aliphatic heterocycles. The SMILES string of the molecule is C=CCNC(=O)Nc1ccc(NC(=O)c2ccncc2)cc1. The summed E-state index contributed by atoms with van der Waals surface area (Å²) in [6.45, 7) is 3.91. The van der Waals surface area contributed by atoms with Crippen LogP contribution in [-0.4, -0.2) is 23.5 Å². The van der Waals surface area contributed by atoms with E-state index in [1.165, 1.54) is 0 Å². The Bertz CT molecular complexity index is 654. The Balaban J connectivity index is 1.93. The Morgan fingerprint density at radius 3 is 2.18 bits per heavy atom. The van der Waals surface area contributed by atoms with Crippen molar-refractivity contribution in [2.75, 3.05) is 17.2 Å². The molecule has 22 heavy (non-hydrogen) atoms. The van der Waals surface area contributed by atoms with Gasteiger partial charge in [-0.1, -0.05) is 6.08 Å². The summed E-state index contributed by atoms with van der Waals surface area (Å²) < 4.78 is 0. The summed E-state index contributed by atoms with van der Waals surface area (Å²) in [7, 11) is 0. The highest BCUT2D eigenvalue weighted by atomic mass is 16.2. The van der Waals surface area contributed by atoms with E-state index in [0.717, 1.165) is 0 Å². The Morgan fingerprint density at radius 2 is 1.59 bits per heavy atom. The van der Waals surface area contributed by atoms with Crippen molar-refractivity contribution in [1.82, 2.24) is 10.3 Å². The molecule has 0 saturated heterocycles. The molecule has 1 heterocycles. The number of hydrogen-bond donors (Lipinski definition) is 3. The van der Waals surface area contributed by atoms with Crippen LogP contribution in [0.15, 0.2) is 61.4 Å². The van der Waals surface area contributed by atoms with Gasteiger partial charge in [0.25, 0.3) is 5.91 Å². The number of anilines is 2. The van der Waals surface area contributed by atoms with Gasteiger partial charge in [0.2, 0.25) is 0 Å². The molecule has 0 unspecified atom stereocenters. The molecule has 0 saturated carbocycles. The van der Waals surface area contributed by atoms with Gasteiger partial charge in [-0.2, -0.15) is 0 Å². The van der Waals surface area contributed by atoms with Gasteiger partial charge in [-0.3, -0.25) is 9.78 Å². The van der Waals surface area contributed by atoms with Gasteiger partial charge in [-0.25, -0.2) is 4.79 Å². The Hall–Kier alpha value is -3.15. The highest BCUT2D eigenvalue weighted by Gasteiger charge is 2.05. The molecule has 3 amide bonds. The van der Waals surface area contributed by atoms with Gasteiger partial charge in [0.15, 0.2) is 0 Å². The zero-order valence-electron chi connectivity index (χ0n) is 11.9. The molecule has 112 valence electrons. The molecule has 0 spiro atoms. The number of rotatable bonds is 5.